The zero-order valence-electron chi connectivity index (χ0n) is 15.6. The third kappa shape index (κ3) is 3.00. The van der Waals surface area contributed by atoms with Crippen LogP contribution in [0.5, 0.6) is 0 Å². The van der Waals surface area contributed by atoms with E-state index >= 15 is 0 Å². The minimum Gasteiger partial charge on any atom is -0.342 e. The number of imidazole rings is 2. The Bertz CT molecular complexity index is 954. The van der Waals surface area contributed by atoms with Crippen molar-refractivity contribution < 1.29 is 4.79 Å². The number of aromatic nitrogens is 4. The maximum Gasteiger partial charge on any atom is 0.228 e. The van der Waals surface area contributed by atoms with Crippen molar-refractivity contribution in [3.8, 4) is 0 Å². The molecule has 3 aromatic rings. The molecular formula is C20H25N5O. The van der Waals surface area contributed by atoms with Gasteiger partial charge in [-0.05, 0) is 38.8 Å². The lowest BCUT2D eigenvalue weighted by atomic mass is 9.96. The SMILES string of the molecule is Cc1cn(C)c([C@H]2CCCN(C(=O)Cc3c(C)nc4ccccn34)C2)n1. The first-order chi connectivity index (χ1) is 12.5. The molecule has 1 amide bonds. The van der Waals surface area contributed by atoms with E-state index in [-0.39, 0.29) is 5.91 Å². The number of carbonyl (C=O) groups is 1. The van der Waals surface area contributed by atoms with E-state index in [1.165, 1.54) is 0 Å². The molecule has 0 N–H and O–H groups in total. The fraction of sp³-hybridized carbons (Fsp3) is 0.450. The number of fused-ring (bicyclic) bond motifs is 1. The van der Waals surface area contributed by atoms with Crippen molar-refractivity contribution in [2.45, 2.75) is 39.0 Å². The summed E-state index contributed by atoms with van der Waals surface area (Å²) in [5.41, 5.74) is 3.85. The van der Waals surface area contributed by atoms with E-state index in [9.17, 15) is 4.79 Å². The Morgan fingerprint density at radius 1 is 1.27 bits per heavy atom. The van der Waals surface area contributed by atoms with Crippen molar-refractivity contribution in [2.24, 2.45) is 7.05 Å². The third-order valence-electron chi connectivity index (χ3n) is 5.32. The number of carbonyl (C=O) groups excluding carboxylic acids is 1. The molecule has 4 heterocycles. The Morgan fingerprint density at radius 3 is 2.88 bits per heavy atom. The van der Waals surface area contributed by atoms with E-state index in [1.807, 2.05) is 54.6 Å². The number of aryl methyl sites for hydroxylation is 3. The summed E-state index contributed by atoms with van der Waals surface area (Å²) in [7, 11) is 2.04. The predicted molar refractivity (Wildman–Crippen MR) is 100 cm³/mol. The van der Waals surface area contributed by atoms with Crippen LogP contribution in [0.4, 0.5) is 0 Å². The van der Waals surface area contributed by atoms with Crippen LogP contribution in [0, 0.1) is 13.8 Å². The minimum absolute atomic E-state index is 0.175. The molecule has 1 aliphatic rings. The summed E-state index contributed by atoms with van der Waals surface area (Å²) in [4.78, 5) is 24.2. The van der Waals surface area contributed by atoms with Crippen LogP contribution in [-0.4, -0.2) is 42.8 Å². The van der Waals surface area contributed by atoms with Crippen molar-refractivity contribution in [3.63, 3.8) is 0 Å². The maximum atomic E-state index is 13.0. The monoisotopic (exact) mass is 351 g/mol. The molecule has 0 aliphatic carbocycles. The van der Waals surface area contributed by atoms with Crippen LogP contribution in [0.1, 0.15) is 41.7 Å². The average molecular weight is 351 g/mol. The van der Waals surface area contributed by atoms with Crippen molar-refractivity contribution >= 4 is 11.6 Å². The number of hydrogen-bond donors (Lipinski definition) is 0. The zero-order chi connectivity index (χ0) is 18.3. The van der Waals surface area contributed by atoms with Crippen molar-refractivity contribution in [1.82, 2.24) is 23.8 Å². The van der Waals surface area contributed by atoms with Crippen molar-refractivity contribution in [1.29, 1.82) is 0 Å². The first-order valence-corrected chi connectivity index (χ1v) is 9.23. The molecule has 136 valence electrons. The molecule has 0 bridgehead atoms. The Morgan fingerprint density at radius 2 is 2.12 bits per heavy atom. The normalized spacial score (nSPS) is 17.8. The number of rotatable bonds is 3. The molecule has 26 heavy (non-hydrogen) atoms. The highest BCUT2D eigenvalue weighted by Gasteiger charge is 2.28. The molecule has 6 nitrogen and oxygen atoms in total. The highest BCUT2D eigenvalue weighted by atomic mass is 16.2. The first-order valence-electron chi connectivity index (χ1n) is 9.23. The molecule has 3 aromatic heterocycles. The van der Waals surface area contributed by atoms with Gasteiger partial charge in [-0.2, -0.15) is 0 Å². The molecule has 4 rings (SSSR count). The molecule has 0 aromatic carbocycles. The molecule has 0 radical (unpaired) electrons. The summed E-state index contributed by atoms with van der Waals surface area (Å²) in [6.45, 7) is 5.57. The summed E-state index contributed by atoms with van der Waals surface area (Å²) < 4.78 is 4.12. The number of likely N-dealkylation sites (tertiary alicyclic amines) is 1. The molecule has 1 aliphatic heterocycles. The summed E-state index contributed by atoms with van der Waals surface area (Å²) in [5.74, 6) is 1.58. The number of hydrogen-bond acceptors (Lipinski definition) is 3. The van der Waals surface area contributed by atoms with Crippen molar-refractivity contribution in [2.75, 3.05) is 13.1 Å². The van der Waals surface area contributed by atoms with Gasteiger partial charge in [0, 0.05) is 38.4 Å². The number of amides is 1. The molecule has 1 fully saturated rings. The molecule has 1 atom stereocenters. The summed E-state index contributed by atoms with van der Waals surface area (Å²) in [6, 6.07) is 5.92. The first kappa shape index (κ1) is 16.8. The summed E-state index contributed by atoms with van der Waals surface area (Å²) in [6.07, 6.45) is 6.53. The molecule has 0 saturated carbocycles. The smallest absolute Gasteiger partial charge is 0.228 e. The van der Waals surface area contributed by atoms with Gasteiger partial charge in [-0.25, -0.2) is 9.97 Å². The van der Waals surface area contributed by atoms with Gasteiger partial charge in [0.1, 0.15) is 11.5 Å². The van der Waals surface area contributed by atoms with E-state index < -0.39 is 0 Å². The van der Waals surface area contributed by atoms with E-state index in [4.69, 9.17) is 0 Å². The van der Waals surface area contributed by atoms with Crippen LogP contribution >= 0.6 is 0 Å². The van der Waals surface area contributed by atoms with Crippen LogP contribution in [-0.2, 0) is 18.3 Å². The van der Waals surface area contributed by atoms with Gasteiger partial charge in [-0.1, -0.05) is 6.07 Å². The van der Waals surface area contributed by atoms with Crippen LogP contribution in [0.25, 0.3) is 5.65 Å². The van der Waals surface area contributed by atoms with Crippen LogP contribution in [0.3, 0.4) is 0 Å². The van der Waals surface area contributed by atoms with E-state index in [2.05, 4.69) is 20.7 Å². The van der Waals surface area contributed by atoms with E-state index in [0.717, 1.165) is 54.5 Å². The molecular weight excluding hydrogens is 326 g/mol. The second-order valence-electron chi connectivity index (χ2n) is 7.28. The number of pyridine rings is 1. The Labute approximate surface area is 153 Å². The van der Waals surface area contributed by atoms with Gasteiger partial charge in [0.05, 0.1) is 23.5 Å². The van der Waals surface area contributed by atoms with Gasteiger partial charge >= 0.3 is 0 Å². The molecule has 0 unspecified atom stereocenters. The topological polar surface area (TPSA) is 55.4 Å². The van der Waals surface area contributed by atoms with E-state index in [0.29, 0.717) is 12.3 Å². The number of piperidine rings is 1. The lowest BCUT2D eigenvalue weighted by Gasteiger charge is -2.32. The lowest BCUT2D eigenvalue weighted by Crippen LogP contribution is -2.40. The van der Waals surface area contributed by atoms with Gasteiger partial charge < -0.3 is 13.9 Å². The largest absolute Gasteiger partial charge is 0.342 e. The van der Waals surface area contributed by atoms with Crippen LogP contribution < -0.4 is 0 Å². The Kier molecular flexibility index (Phi) is 4.26. The quantitative estimate of drug-likeness (QED) is 0.729. The highest BCUT2D eigenvalue weighted by Crippen LogP contribution is 2.26. The van der Waals surface area contributed by atoms with Gasteiger partial charge in [-0.3, -0.25) is 4.79 Å². The lowest BCUT2D eigenvalue weighted by molar-refractivity contribution is -0.131. The molecule has 1 saturated heterocycles. The van der Waals surface area contributed by atoms with Gasteiger partial charge in [0.2, 0.25) is 5.91 Å². The Balaban J connectivity index is 1.52. The van der Waals surface area contributed by atoms with Gasteiger partial charge in [0.25, 0.3) is 0 Å². The van der Waals surface area contributed by atoms with Crippen molar-refractivity contribution in [3.05, 3.63) is 53.5 Å². The second-order valence-corrected chi connectivity index (χ2v) is 7.28. The summed E-state index contributed by atoms with van der Waals surface area (Å²) in [5, 5.41) is 0. The third-order valence-corrected chi connectivity index (χ3v) is 5.32. The minimum atomic E-state index is 0.175. The number of nitrogens with zero attached hydrogens (tertiary/aromatic N) is 5. The molecule has 6 heteroatoms. The van der Waals surface area contributed by atoms with Gasteiger partial charge in [0.15, 0.2) is 0 Å². The van der Waals surface area contributed by atoms with Crippen LogP contribution in [0.15, 0.2) is 30.6 Å². The van der Waals surface area contributed by atoms with Crippen LogP contribution in [0.2, 0.25) is 0 Å². The zero-order valence-corrected chi connectivity index (χ0v) is 15.6. The fourth-order valence-corrected chi connectivity index (χ4v) is 4.06. The second kappa shape index (κ2) is 6.59. The average Bonchev–Trinajstić information content (AvgIpc) is 3.14. The summed E-state index contributed by atoms with van der Waals surface area (Å²) >= 11 is 0. The standard InChI is InChI=1S/C20H25N5O/c1-14-12-23(3)20(21-14)16-7-6-9-24(13-16)19(26)11-17-15(2)22-18-8-4-5-10-25(17)18/h4-5,8,10,12,16H,6-7,9,11,13H2,1-3H3/t16-/m0/s1. The van der Waals surface area contributed by atoms with E-state index in [1.54, 1.807) is 0 Å². The fourth-order valence-electron chi connectivity index (χ4n) is 4.06. The predicted octanol–water partition coefficient (Wildman–Crippen LogP) is 2.63. The maximum absolute atomic E-state index is 13.0. The molecule has 0 spiro atoms. The van der Waals surface area contributed by atoms with Gasteiger partial charge in [-0.15, -0.1) is 0 Å². The Hall–Kier alpha value is -2.63. The highest BCUT2D eigenvalue weighted by molar-refractivity contribution is 5.79.